The molecular formula is C14H17NO3. The number of aliphatic imine (C=N–C) groups is 1. The van der Waals surface area contributed by atoms with Crippen LogP contribution in [0.15, 0.2) is 29.3 Å². The standard InChI is InChI=1S/C14H17NO3/c1-2-17-13(16)10-9-18-14-7-4-3-5-12(14)15-8-6-11(10)14/h3-5,7,10-11H,2,6,8-9H2,1H3. The van der Waals surface area contributed by atoms with Gasteiger partial charge in [0.15, 0.2) is 0 Å². The van der Waals surface area contributed by atoms with Gasteiger partial charge in [-0.15, -0.1) is 0 Å². The molecule has 0 amide bonds. The van der Waals surface area contributed by atoms with E-state index in [0.717, 1.165) is 18.7 Å². The van der Waals surface area contributed by atoms with Crippen LogP contribution in [0.3, 0.4) is 0 Å². The normalized spacial score (nSPS) is 36.8. The van der Waals surface area contributed by atoms with Crippen LogP contribution in [0, 0.1) is 11.8 Å². The van der Waals surface area contributed by atoms with Crippen molar-refractivity contribution in [3.05, 3.63) is 24.3 Å². The molecule has 0 bridgehead atoms. The lowest BCUT2D eigenvalue weighted by Crippen LogP contribution is -2.47. The molecule has 1 spiro atoms. The van der Waals surface area contributed by atoms with Gasteiger partial charge in [0.05, 0.1) is 24.8 Å². The Bertz CT molecular complexity index is 452. The molecule has 3 unspecified atom stereocenters. The maximum atomic E-state index is 12.0. The first-order valence-corrected chi connectivity index (χ1v) is 6.49. The fraction of sp³-hybridized carbons (Fsp3) is 0.571. The number of rotatable bonds is 2. The maximum absolute atomic E-state index is 12.0. The summed E-state index contributed by atoms with van der Waals surface area (Å²) in [5.74, 6) is -0.138. The van der Waals surface area contributed by atoms with Gasteiger partial charge in [-0.3, -0.25) is 9.79 Å². The van der Waals surface area contributed by atoms with Crippen LogP contribution in [0.2, 0.25) is 0 Å². The van der Waals surface area contributed by atoms with E-state index in [1.165, 1.54) is 0 Å². The molecule has 0 N–H and O–H groups in total. The van der Waals surface area contributed by atoms with Crippen molar-refractivity contribution in [2.45, 2.75) is 18.9 Å². The number of carbonyl (C=O) groups excluding carboxylic acids is 1. The summed E-state index contributed by atoms with van der Waals surface area (Å²) in [6.45, 7) is 3.45. The second kappa shape index (κ2) is 4.35. The third-order valence-electron chi connectivity index (χ3n) is 3.96. The molecule has 3 aliphatic rings. The summed E-state index contributed by atoms with van der Waals surface area (Å²) in [4.78, 5) is 16.5. The molecule has 0 aromatic carbocycles. The zero-order valence-corrected chi connectivity index (χ0v) is 10.5. The Kier molecular flexibility index (Phi) is 2.82. The van der Waals surface area contributed by atoms with E-state index in [-0.39, 0.29) is 17.8 Å². The maximum Gasteiger partial charge on any atom is 0.311 e. The highest BCUT2D eigenvalue weighted by molar-refractivity contribution is 6.06. The minimum absolute atomic E-state index is 0.136. The Morgan fingerprint density at radius 2 is 2.50 bits per heavy atom. The highest BCUT2D eigenvalue weighted by Gasteiger charge is 2.55. The van der Waals surface area contributed by atoms with Crippen LogP contribution in [-0.4, -0.2) is 37.0 Å². The first-order chi connectivity index (χ1) is 8.78. The van der Waals surface area contributed by atoms with Crippen molar-refractivity contribution in [1.29, 1.82) is 0 Å². The van der Waals surface area contributed by atoms with E-state index in [2.05, 4.69) is 4.99 Å². The van der Waals surface area contributed by atoms with E-state index in [1.54, 1.807) is 0 Å². The molecule has 0 aromatic rings. The second-order valence-corrected chi connectivity index (χ2v) is 4.84. The van der Waals surface area contributed by atoms with E-state index in [9.17, 15) is 4.79 Å². The molecule has 0 saturated carbocycles. The quantitative estimate of drug-likeness (QED) is 0.695. The topological polar surface area (TPSA) is 47.9 Å². The second-order valence-electron chi connectivity index (χ2n) is 4.84. The Hall–Kier alpha value is -1.42. The molecule has 1 fully saturated rings. The molecule has 4 nitrogen and oxygen atoms in total. The summed E-state index contributed by atoms with van der Waals surface area (Å²) < 4.78 is 11.1. The zero-order chi connectivity index (χ0) is 12.6. The van der Waals surface area contributed by atoms with Crippen LogP contribution < -0.4 is 0 Å². The number of nitrogens with zero attached hydrogens (tertiary/aromatic N) is 1. The highest BCUT2D eigenvalue weighted by Crippen LogP contribution is 2.45. The van der Waals surface area contributed by atoms with E-state index in [0.29, 0.717) is 13.2 Å². The van der Waals surface area contributed by atoms with Crippen LogP contribution in [0.1, 0.15) is 13.3 Å². The molecular weight excluding hydrogens is 230 g/mol. The fourth-order valence-corrected chi connectivity index (χ4v) is 3.14. The molecule has 3 atom stereocenters. The van der Waals surface area contributed by atoms with Crippen molar-refractivity contribution in [3.63, 3.8) is 0 Å². The number of hydrogen-bond acceptors (Lipinski definition) is 4. The third kappa shape index (κ3) is 1.56. The van der Waals surface area contributed by atoms with E-state index < -0.39 is 5.60 Å². The molecule has 4 heteroatoms. The lowest BCUT2D eigenvalue weighted by Gasteiger charge is -2.37. The number of ether oxygens (including phenoxy) is 2. The number of hydrogen-bond donors (Lipinski definition) is 0. The van der Waals surface area contributed by atoms with E-state index in [1.807, 2.05) is 31.2 Å². The first-order valence-electron chi connectivity index (χ1n) is 6.49. The Morgan fingerprint density at radius 1 is 1.61 bits per heavy atom. The molecule has 18 heavy (non-hydrogen) atoms. The Morgan fingerprint density at radius 3 is 3.33 bits per heavy atom. The average molecular weight is 247 g/mol. The van der Waals surface area contributed by atoms with Crippen LogP contribution in [0.4, 0.5) is 0 Å². The zero-order valence-electron chi connectivity index (χ0n) is 10.5. The van der Waals surface area contributed by atoms with Gasteiger partial charge in [0.2, 0.25) is 0 Å². The predicted molar refractivity (Wildman–Crippen MR) is 67.5 cm³/mol. The highest BCUT2D eigenvalue weighted by atomic mass is 16.5. The summed E-state index contributed by atoms with van der Waals surface area (Å²) >= 11 is 0. The van der Waals surface area contributed by atoms with Crippen molar-refractivity contribution in [2.24, 2.45) is 16.8 Å². The van der Waals surface area contributed by atoms with Crippen LogP contribution >= 0.6 is 0 Å². The van der Waals surface area contributed by atoms with Gasteiger partial charge in [0, 0.05) is 12.5 Å². The van der Waals surface area contributed by atoms with Gasteiger partial charge in [-0.1, -0.05) is 12.2 Å². The van der Waals surface area contributed by atoms with Gasteiger partial charge in [-0.05, 0) is 25.5 Å². The number of esters is 1. The molecule has 96 valence electrons. The third-order valence-corrected chi connectivity index (χ3v) is 3.96. The van der Waals surface area contributed by atoms with Crippen LogP contribution in [-0.2, 0) is 14.3 Å². The fourth-order valence-electron chi connectivity index (χ4n) is 3.14. The molecule has 2 heterocycles. The first kappa shape index (κ1) is 11.7. The summed E-state index contributed by atoms with van der Waals surface area (Å²) in [7, 11) is 0. The molecule has 3 rings (SSSR count). The van der Waals surface area contributed by atoms with Gasteiger partial charge in [-0.2, -0.15) is 0 Å². The van der Waals surface area contributed by atoms with Crippen LogP contribution in [0.5, 0.6) is 0 Å². The average Bonchev–Trinajstić information content (AvgIpc) is 2.76. The largest absolute Gasteiger partial charge is 0.466 e. The van der Waals surface area contributed by atoms with Gasteiger partial charge in [-0.25, -0.2) is 0 Å². The summed E-state index contributed by atoms with van der Waals surface area (Å²) in [6, 6.07) is 0. The van der Waals surface area contributed by atoms with Crippen molar-refractivity contribution >= 4 is 11.7 Å². The summed E-state index contributed by atoms with van der Waals surface area (Å²) in [5.41, 5.74) is 0.470. The van der Waals surface area contributed by atoms with Gasteiger partial charge >= 0.3 is 5.97 Å². The van der Waals surface area contributed by atoms with E-state index >= 15 is 0 Å². The predicted octanol–water partition coefficient (Wildman–Crippen LogP) is 1.52. The molecule has 1 aliphatic carbocycles. The Balaban J connectivity index is 1.91. The lowest BCUT2D eigenvalue weighted by molar-refractivity contribution is -0.149. The van der Waals surface area contributed by atoms with Crippen molar-refractivity contribution < 1.29 is 14.3 Å². The van der Waals surface area contributed by atoms with E-state index in [4.69, 9.17) is 9.47 Å². The smallest absolute Gasteiger partial charge is 0.311 e. The van der Waals surface area contributed by atoms with Gasteiger partial charge in [0.25, 0.3) is 0 Å². The molecule has 2 aliphatic heterocycles. The Labute approximate surface area is 106 Å². The lowest BCUT2D eigenvalue weighted by atomic mass is 9.73. The van der Waals surface area contributed by atoms with Gasteiger partial charge in [0.1, 0.15) is 5.60 Å². The van der Waals surface area contributed by atoms with Crippen molar-refractivity contribution in [3.8, 4) is 0 Å². The molecule has 1 saturated heterocycles. The SMILES string of the molecule is CCOC(=O)C1COC23C=CC=CC2=NCCC13. The van der Waals surface area contributed by atoms with Crippen molar-refractivity contribution in [2.75, 3.05) is 19.8 Å². The molecule has 0 aromatic heterocycles. The minimum atomic E-state index is -0.482. The summed E-state index contributed by atoms with van der Waals surface area (Å²) in [5, 5.41) is 0. The molecule has 0 radical (unpaired) electrons. The number of allylic oxidation sites excluding steroid dienone is 2. The number of carbonyl (C=O) groups is 1. The monoisotopic (exact) mass is 247 g/mol. The van der Waals surface area contributed by atoms with Crippen molar-refractivity contribution in [1.82, 2.24) is 0 Å². The summed E-state index contributed by atoms with van der Waals surface area (Å²) in [6.07, 6.45) is 8.85. The minimum Gasteiger partial charge on any atom is -0.466 e. The van der Waals surface area contributed by atoms with Crippen LogP contribution in [0.25, 0.3) is 0 Å². The van der Waals surface area contributed by atoms with Gasteiger partial charge < -0.3 is 9.47 Å².